The highest BCUT2D eigenvalue weighted by atomic mass is 35.5. The van der Waals surface area contributed by atoms with E-state index in [1.165, 1.54) is 0 Å². The Morgan fingerprint density at radius 1 is 1.35 bits per heavy atom. The maximum Gasteiger partial charge on any atom is 0.246 e. The van der Waals surface area contributed by atoms with Gasteiger partial charge < -0.3 is 15.7 Å². The number of likely N-dealkylation sites (tertiary alicyclic amines) is 1. The summed E-state index contributed by atoms with van der Waals surface area (Å²) >= 11 is 6.01. The summed E-state index contributed by atoms with van der Waals surface area (Å²) in [5.41, 5.74) is 5.48. The summed E-state index contributed by atoms with van der Waals surface area (Å²) in [6.45, 7) is 5.98. The van der Waals surface area contributed by atoms with Crippen LogP contribution in [-0.4, -0.2) is 34.0 Å². The Balaban J connectivity index is 2.37. The zero-order valence-electron chi connectivity index (χ0n) is 15.7. The van der Waals surface area contributed by atoms with E-state index >= 15 is 0 Å². The molecule has 0 spiro atoms. The average molecular weight is 381 g/mol. The maximum atomic E-state index is 13.5. The number of rotatable bonds is 7. The highest BCUT2D eigenvalue weighted by molar-refractivity contribution is 6.30. The van der Waals surface area contributed by atoms with Crippen molar-refractivity contribution in [3.63, 3.8) is 0 Å². The normalized spacial score (nSPS) is 24.8. The number of benzene rings is 1. The molecule has 0 radical (unpaired) electrons. The minimum absolute atomic E-state index is 0.0160. The smallest absolute Gasteiger partial charge is 0.246 e. The van der Waals surface area contributed by atoms with Gasteiger partial charge in [-0.15, -0.1) is 0 Å². The number of carbonyl (C=O) groups is 2. The molecule has 1 aliphatic heterocycles. The minimum Gasteiger partial charge on any atom is -0.383 e. The predicted octanol–water partition coefficient (Wildman–Crippen LogP) is 3.43. The zero-order chi connectivity index (χ0) is 19.5. The van der Waals surface area contributed by atoms with E-state index in [2.05, 4.69) is 13.8 Å². The van der Waals surface area contributed by atoms with E-state index in [0.717, 1.165) is 24.8 Å². The highest BCUT2D eigenvalue weighted by Crippen LogP contribution is 2.45. The SMILES string of the molecule is CCC(CC)N1C(=O)[C@@](C)(C[C@H](O)C(N)=O)CCC1c1ccc(Cl)cc1. The maximum absolute atomic E-state index is 13.5. The Hall–Kier alpha value is -1.59. The van der Waals surface area contributed by atoms with Gasteiger partial charge in [-0.1, -0.05) is 44.5 Å². The lowest BCUT2D eigenvalue weighted by Gasteiger charge is -2.48. The third kappa shape index (κ3) is 4.21. The lowest BCUT2D eigenvalue weighted by molar-refractivity contribution is -0.156. The summed E-state index contributed by atoms with van der Waals surface area (Å²) in [6.07, 6.45) is 1.82. The van der Waals surface area contributed by atoms with Crippen molar-refractivity contribution < 1.29 is 14.7 Å². The molecule has 1 heterocycles. The largest absolute Gasteiger partial charge is 0.383 e. The summed E-state index contributed by atoms with van der Waals surface area (Å²) in [5.74, 6) is -0.800. The molecule has 6 heteroatoms. The van der Waals surface area contributed by atoms with Crippen molar-refractivity contribution in [3.8, 4) is 0 Å². The molecule has 1 fully saturated rings. The van der Waals surface area contributed by atoms with E-state index in [4.69, 9.17) is 17.3 Å². The van der Waals surface area contributed by atoms with Gasteiger partial charge in [0.1, 0.15) is 6.10 Å². The molecular weight excluding hydrogens is 352 g/mol. The molecule has 0 bridgehead atoms. The molecule has 0 saturated carbocycles. The van der Waals surface area contributed by atoms with Crippen LogP contribution in [0.1, 0.15) is 64.5 Å². The zero-order valence-corrected chi connectivity index (χ0v) is 16.5. The first kappa shape index (κ1) is 20.7. The number of carbonyl (C=O) groups excluding carboxylic acids is 2. The van der Waals surface area contributed by atoms with Crippen LogP contribution in [0.2, 0.25) is 5.02 Å². The first-order valence-corrected chi connectivity index (χ1v) is 9.67. The molecule has 3 N–H and O–H groups in total. The Labute approximate surface area is 160 Å². The standard InChI is InChI=1S/C20H29ClN2O3/c1-4-15(5-2)23-16(13-6-8-14(21)9-7-13)10-11-20(3,19(23)26)12-17(24)18(22)25/h6-9,15-17,24H,4-5,10-12H2,1-3H3,(H2,22,25)/t16?,17-,20+/m0/s1. The van der Waals surface area contributed by atoms with Crippen LogP contribution in [0.5, 0.6) is 0 Å². The number of hydrogen-bond acceptors (Lipinski definition) is 3. The van der Waals surface area contributed by atoms with Gasteiger partial charge in [-0.3, -0.25) is 9.59 Å². The fourth-order valence-corrected chi connectivity index (χ4v) is 4.11. The van der Waals surface area contributed by atoms with E-state index < -0.39 is 17.4 Å². The van der Waals surface area contributed by atoms with Gasteiger partial charge in [0.15, 0.2) is 0 Å². The van der Waals surface area contributed by atoms with Crippen molar-refractivity contribution in [2.45, 2.75) is 71.1 Å². The second-order valence-electron chi connectivity index (χ2n) is 7.47. The lowest BCUT2D eigenvalue weighted by Crippen LogP contribution is -2.54. The number of nitrogens with two attached hydrogens (primary N) is 1. The van der Waals surface area contributed by atoms with Crippen LogP contribution in [0.15, 0.2) is 24.3 Å². The van der Waals surface area contributed by atoms with Crippen molar-refractivity contribution >= 4 is 23.4 Å². The van der Waals surface area contributed by atoms with E-state index in [1.807, 2.05) is 36.1 Å². The van der Waals surface area contributed by atoms with Crippen molar-refractivity contribution in [1.29, 1.82) is 0 Å². The van der Waals surface area contributed by atoms with Gasteiger partial charge in [0, 0.05) is 16.5 Å². The number of aliphatic hydroxyl groups excluding tert-OH is 1. The van der Waals surface area contributed by atoms with Crippen LogP contribution in [0.25, 0.3) is 0 Å². The van der Waals surface area contributed by atoms with Crippen LogP contribution in [-0.2, 0) is 9.59 Å². The van der Waals surface area contributed by atoms with E-state index in [9.17, 15) is 14.7 Å². The molecule has 1 aromatic rings. The number of piperidine rings is 1. The van der Waals surface area contributed by atoms with Gasteiger partial charge in [0.05, 0.1) is 6.04 Å². The Morgan fingerprint density at radius 2 is 1.92 bits per heavy atom. The van der Waals surface area contributed by atoms with Crippen LogP contribution in [0.4, 0.5) is 0 Å². The van der Waals surface area contributed by atoms with E-state index in [0.29, 0.717) is 11.4 Å². The third-order valence-corrected chi connectivity index (χ3v) is 5.87. The number of aliphatic hydroxyl groups is 1. The first-order valence-electron chi connectivity index (χ1n) is 9.29. The molecule has 0 aliphatic carbocycles. The van der Waals surface area contributed by atoms with Crippen molar-refractivity contribution in [3.05, 3.63) is 34.9 Å². The second-order valence-corrected chi connectivity index (χ2v) is 7.91. The number of halogens is 1. The fourth-order valence-electron chi connectivity index (χ4n) is 3.99. The molecule has 1 saturated heterocycles. The molecule has 1 aromatic carbocycles. The Morgan fingerprint density at radius 3 is 2.42 bits per heavy atom. The van der Waals surface area contributed by atoms with E-state index in [-0.39, 0.29) is 24.4 Å². The van der Waals surface area contributed by atoms with Gasteiger partial charge >= 0.3 is 0 Å². The number of nitrogens with zero attached hydrogens (tertiary/aromatic N) is 1. The molecule has 1 aliphatic rings. The predicted molar refractivity (Wildman–Crippen MR) is 103 cm³/mol. The molecule has 2 amide bonds. The minimum atomic E-state index is -1.31. The second kappa shape index (κ2) is 8.40. The molecule has 0 aromatic heterocycles. The quantitative estimate of drug-likeness (QED) is 0.760. The van der Waals surface area contributed by atoms with Crippen LogP contribution >= 0.6 is 11.6 Å². The van der Waals surface area contributed by atoms with Crippen molar-refractivity contribution in [2.24, 2.45) is 11.1 Å². The topological polar surface area (TPSA) is 83.6 Å². The first-order chi connectivity index (χ1) is 12.2. The summed E-state index contributed by atoms with van der Waals surface area (Å²) in [5, 5.41) is 10.6. The summed E-state index contributed by atoms with van der Waals surface area (Å²) in [4.78, 5) is 26.7. The van der Waals surface area contributed by atoms with Gasteiger partial charge in [0.25, 0.3) is 0 Å². The number of hydrogen-bond donors (Lipinski definition) is 2. The van der Waals surface area contributed by atoms with Crippen LogP contribution in [0.3, 0.4) is 0 Å². The lowest BCUT2D eigenvalue weighted by atomic mass is 9.72. The molecule has 3 atom stereocenters. The molecule has 5 nitrogen and oxygen atoms in total. The Kier molecular flexibility index (Phi) is 6.69. The number of amides is 2. The van der Waals surface area contributed by atoms with Gasteiger partial charge in [-0.2, -0.15) is 0 Å². The average Bonchev–Trinajstić information content (AvgIpc) is 2.60. The van der Waals surface area contributed by atoms with Gasteiger partial charge in [-0.05, 0) is 49.8 Å². The van der Waals surface area contributed by atoms with Crippen molar-refractivity contribution in [2.75, 3.05) is 0 Å². The molecule has 144 valence electrons. The molecule has 2 rings (SSSR count). The third-order valence-electron chi connectivity index (χ3n) is 5.62. The Bertz CT molecular complexity index is 645. The van der Waals surface area contributed by atoms with Gasteiger partial charge in [-0.25, -0.2) is 0 Å². The number of primary amides is 1. The van der Waals surface area contributed by atoms with Crippen LogP contribution < -0.4 is 5.73 Å². The fraction of sp³-hybridized carbons (Fsp3) is 0.600. The van der Waals surface area contributed by atoms with Crippen molar-refractivity contribution in [1.82, 2.24) is 4.90 Å². The highest BCUT2D eigenvalue weighted by Gasteiger charge is 2.47. The monoisotopic (exact) mass is 380 g/mol. The summed E-state index contributed by atoms with van der Waals surface area (Å²) in [6, 6.07) is 7.71. The van der Waals surface area contributed by atoms with E-state index in [1.54, 1.807) is 0 Å². The van der Waals surface area contributed by atoms with Gasteiger partial charge in [0.2, 0.25) is 11.8 Å². The molecular formula is C20H29ClN2O3. The summed E-state index contributed by atoms with van der Waals surface area (Å²) < 4.78 is 0. The van der Waals surface area contributed by atoms with Crippen LogP contribution in [0, 0.1) is 5.41 Å². The summed E-state index contributed by atoms with van der Waals surface area (Å²) in [7, 11) is 0. The molecule has 26 heavy (non-hydrogen) atoms. The molecule has 1 unspecified atom stereocenters.